The van der Waals surface area contributed by atoms with Crippen molar-refractivity contribution < 1.29 is 0 Å². The number of nitrogens with zero attached hydrogens (tertiary/aromatic N) is 3. The number of rotatable bonds is 2. The lowest BCUT2D eigenvalue weighted by molar-refractivity contribution is -0.0811. The molecule has 0 N–H and O–H groups in total. The fourth-order valence-electron chi connectivity index (χ4n) is 5.74. The van der Waals surface area contributed by atoms with Crippen LogP contribution in [0.5, 0.6) is 0 Å². The summed E-state index contributed by atoms with van der Waals surface area (Å²) in [6, 6.07) is 1.74. The van der Waals surface area contributed by atoms with Crippen molar-refractivity contribution in [3.8, 4) is 0 Å². The normalized spacial score (nSPS) is 35.5. The van der Waals surface area contributed by atoms with Crippen LogP contribution in [0.1, 0.15) is 58.3 Å². The second-order valence-electron chi connectivity index (χ2n) is 9.41. The Balaban J connectivity index is 1.27. The highest BCUT2D eigenvalue weighted by Crippen LogP contribution is 2.46. The lowest BCUT2D eigenvalue weighted by atomic mass is 9.65. The molecule has 0 aromatic heterocycles. The van der Waals surface area contributed by atoms with Crippen LogP contribution in [0.25, 0.3) is 0 Å². The van der Waals surface area contributed by atoms with Crippen LogP contribution >= 0.6 is 0 Å². The summed E-state index contributed by atoms with van der Waals surface area (Å²) in [7, 11) is 2.28. The van der Waals surface area contributed by atoms with Crippen LogP contribution in [0.4, 0.5) is 0 Å². The van der Waals surface area contributed by atoms with Crippen molar-refractivity contribution in [1.29, 1.82) is 0 Å². The first-order valence-corrected chi connectivity index (χ1v) is 10.3. The number of likely N-dealkylation sites (tertiary alicyclic amines) is 3. The molecule has 3 heterocycles. The fraction of sp³-hybridized carbons (Fsp3) is 1.00. The molecule has 1 spiro atoms. The molecule has 1 aliphatic carbocycles. The van der Waals surface area contributed by atoms with Crippen LogP contribution in [0, 0.1) is 11.3 Å². The summed E-state index contributed by atoms with van der Waals surface area (Å²) in [4.78, 5) is 8.22. The van der Waals surface area contributed by atoms with Crippen LogP contribution < -0.4 is 0 Å². The summed E-state index contributed by atoms with van der Waals surface area (Å²) in [6.45, 7) is 10.6. The van der Waals surface area contributed by atoms with E-state index in [2.05, 4.69) is 28.7 Å². The molecule has 3 aliphatic heterocycles. The molecule has 0 amide bonds. The smallest absolute Gasteiger partial charge is 0.0224 e. The summed E-state index contributed by atoms with van der Waals surface area (Å²) < 4.78 is 0. The molecule has 3 heteroatoms. The second kappa shape index (κ2) is 6.65. The SMILES string of the molecule is CC1CCC2(CC1)CN(C1CCCN(C3CCN(C)CC3)C1)C2. The second-order valence-corrected chi connectivity index (χ2v) is 9.41. The van der Waals surface area contributed by atoms with Gasteiger partial charge in [0.15, 0.2) is 0 Å². The third-order valence-electron chi connectivity index (χ3n) is 7.56. The predicted octanol–water partition coefficient (Wildman–Crippen LogP) is 3.06. The molecular weight excluding hydrogens is 282 g/mol. The molecular formula is C20H37N3. The molecule has 1 atom stereocenters. The minimum atomic E-state index is 0.738. The van der Waals surface area contributed by atoms with Crippen LogP contribution in [-0.2, 0) is 0 Å². The molecule has 0 aromatic carbocycles. The van der Waals surface area contributed by atoms with Crippen molar-refractivity contribution in [3.63, 3.8) is 0 Å². The number of hydrogen-bond acceptors (Lipinski definition) is 3. The topological polar surface area (TPSA) is 9.72 Å². The number of piperidine rings is 2. The van der Waals surface area contributed by atoms with Gasteiger partial charge in [0.1, 0.15) is 0 Å². The van der Waals surface area contributed by atoms with Gasteiger partial charge in [0, 0.05) is 31.7 Å². The Labute approximate surface area is 143 Å². The first-order chi connectivity index (χ1) is 11.1. The van der Waals surface area contributed by atoms with Crippen molar-refractivity contribution in [2.45, 2.75) is 70.4 Å². The van der Waals surface area contributed by atoms with E-state index in [1.54, 1.807) is 0 Å². The monoisotopic (exact) mass is 319 g/mol. The van der Waals surface area contributed by atoms with Crippen LogP contribution in [0.15, 0.2) is 0 Å². The maximum absolute atomic E-state index is 2.86. The highest BCUT2D eigenvalue weighted by molar-refractivity contribution is 5.01. The number of hydrogen-bond donors (Lipinski definition) is 0. The Morgan fingerprint density at radius 3 is 2.17 bits per heavy atom. The zero-order valence-corrected chi connectivity index (χ0v) is 15.5. The van der Waals surface area contributed by atoms with Gasteiger partial charge in [0.25, 0.3) is 0 Å². The Morgan fingerprint density at radius 1 is 0.783 bits per heavy atom. The van der Waals surface area contributed by atoms with Crippen molar-refractivity contribution in [1.82, 2.24) is 14.7 Å². The molecule has 3 saturated heterocycles. The molecule has 0 radical (unpaired) electrons. The minimum absolute atomic E-state index is 0.738. The van der Waals surface area contributed by atoms with E-state index in [-0.39, 0.29) is 0 Å². The van der Waals surface area contributed by atoms with Crippen LogP contribution in [0.3, 0.4) is 0 Å². The van der Waals surface area contributed by atoms with Gasteiger partial charge in [0.2, 0.25) is 0 Å². The molecule has 1 saturated carbocycles. The molecule has 4 aliphatic rings. The zero-order chi connectivity index (χ0) is 15.9. The van der Waals surface area contributed by atoms with E-state index >= 15 is 0 Å². The fourth-order valence-corrected chi connectivity index (χ4v) is 5.74. The van der Waals surface area contributed by atoms with Crippen molar-refractivity contribution in [2.24, 2.45) is 11.3 Å². The van der Waals surface area contributed by atoms with Crippen molar-refractivity contribution >= 4 is 0 Å². The van der Waals surface area contributed by atoms with E-state index in [4.69, 9.17) is 0 Å². The van der Waals surface area contributed by atoms with E-state index in [1.165, 1.54) is 90.6 Å². The maximum Gasteiger partial charge on any atom is 0.0224 e. The standard InChI is InChI=1S/C20H37N3/c1-17-5-9-20(10-6-17)15-23(16-20)19-4-3-11-22(14-19)18-7-12-21(2)13-8-18/h17-19H,3-16H2,1-2H3. The third kappa shape index (κ3) is 3.48. The maximum atomic E-state index is 2.86. The minimum Gasteiger partial charge on any atom is -0.306 e. The van der Waals surface area contributed by atoms with Gasteiger partial charge in [-0.25, -0.2) is 0 Å². The average molecular weight is 320 g/mol. The van der Waals surface area contributed by atoms with Gasteiger partial charge in [-0.15, -0.1) is 0 Å². The van der Waals surface area contributed by atoms with Crippen LogP contribution in [-0.4, -0.2) is 73.1 Å². The van der Waals surface area contributed by atoms with Gasteiger partial charge in [0.05, 0.1) is 0 Å². The molecule has 3 nitrogen and oxygen atoms in total. The van der Waals surface area contributed by atoms with Crippen molar-refractivity contribution in [2.75, 3.05) is 46.3 Å². The predicted molar refractivity (Wildman–Crippen MR) is 96.8 cm³/mol. The molecule has 0 aromatic rings. The van der Waals surface area contributed by atoms with Gasteiger partial charge < -0.3 is 4.90 Å². The Kier molecular flexibility index (Phi) is 4.73. The van der Waals surface area contributed by atoms with E-state index in [1.807, 2.05) is 0 Å². The Bertz CT molecular complexity index is 386. The molecule has 132 valence electrons. The van der Waals surface area contributed by atoms with E-state index in [9.17, 15) is 0 Å². The summed E-state index contributed by atoms with van der Waals surface area (Å²) in [5.74, 6) is 0.990. The van der Waals surface area contributed by atoms with E-state index < -0.39 is 0 Å². The van der Waals surface area contributed by atoms with Gasteiger partial charge >= 0.3 is 0 Å². The summed E-state index contributed by atoms with van der Waals surface area (Å²) in [6.07, 6.45) is 11.7. The van der Waals surface area contributed by atoms with Gasteiger partial charge in [-0.1, -0.05) is 19.8 Å². The largest absolute Gasteiger partial charge is 0.306 e. The van der Waals surface area contributed by atoms with Gasteiger partial charge in [-0.2, -0.15) is 0 Å². The quantitative estimate of drug-likeness (QED) is 0.774. The first kappa shape index (κ1) is 16.4. The molecule has 1 unspecified atom stereocenters. The average Bonchev–Trinajstić information content (AvgIpc) is 2.55. The van der Waals surface area contributed by atoms with Gasteiger partial charge in [-0.05, 0) is 76.5 Å². The zero-order valence-electron chi connectivity index (χ0n) is 15.5. The molecule has 4 fully saturated rings. The van der Waals surface area contributed by atoms with E-state index in [0.29, 0.717) is 0 Å². The molecule has 4 rings (SSSR count). The third-order valence-corrected chi connectivity index (χ3v) is 7.56. The Morgan fingerprint density at radius 2 is 1.48 bits per heavy atom. The van der Waals surface area contributed by atoms with E-state index in [0.717, 1.165) is 23.4 Å². The van der Waals surface area contributed by atoms with Crippen LogP contribution in [0.2, 0.25) is 0 Å². The molecule has 0 bridgehead atoms. The summed E-state index contributed by atoms with van der Waals surface area (Å²) in [5, 5.41) is 0. The Hall–Kier alpha value is -0.120. The summed E-state index contributed by atoms with van der Waals surface area (Å²) in [5.41, 5.74) is 0.738. The highest BCUT2D eigenvalue weighted by Gasteiger charge is 2.47. The molecule has 23 heavy (non-hydrogen) atoms. The first-order valence-electron chi connectivity index (χ1n) is 10.3. The van der Waals surface area contributed by atoms with Crippen molar-refractivity contribution in [3.05, 3.63) is 0 Å². The lowest BCUT2D eigenvalue weighted by Gasteiger charge is -2.57. The lowest BCUT2D eigenvalue weighted by Crippen LogP contribution is -2.64. The summed E-state index contributed by atoms with van der Waals surface area (Å²) >= 11 is 0. The highest BCUT2D eigenvalue weighted by atomic mass is 15.3. The van der Waals surface area contributed by atoms with Gasteiger partial charge in [-0.3, -0.25) is 9.80 Å².